The number of aromatic amines is 1. The average molecular weight is 610 g/mol. The van der Waals surface area contributed by atoms with Crippen LogP contribution in [0.4, 0.5) is 22.0 Å². The lowest BCUT2D eigenvalue weighted by Gasteiger charge is -2.39. The standard InChI is InChI=1S/C34H36FN7O3/c35-29-30(22-6-7-22)40-41-32(29)38-31-25-17-21(2-1-20-3-9-24(43)10-4-20)5-11-26(25)37-33(39-31)42-15-13-34(36,14-16-42)23-8-12-27-28(18-23)45-19-44-27/h5,8,11-12,17-18,20,22,24,43H,3-4,6-7,9-10,13-16,19,36H2,(H2,37,38,39,40,41). The van der Waals surface area contributed by atoms with Crippen molar-refractivity contribution in [1.82, 2.24) is 20.2 Å². The normalized spacial score (nSPS) is 22.2. The van der Waals surface area contributed by atoms with Gasteiger partial charge in [-0.3, -0.25) is 5.10 Å². The Hall–Kier alpha value is -4.40. The van der Waals surface area contributed by atoms with E-state index >= 15 is 4.39 Å². The second-order valence-corrected chi connectivity index (χ2v) is 12.8. The third kappa shape index (κ3) is 5.53. The molecular formula is C34H36FN7O3. The van der Waals surface area contributed by atoms with Crippen molar-refractivity contribution in [3.8, 4) is 23.3 Å². The third-order valence-electron chi connectivity index (χ3n) is 9.64. The summed E-state index contributed by atoms with van der Waals surface area (Å²) >= 11 is 0. The van der Waals surface area contributed by atoms with Gasteiger partial charge in [0.15, 0.2) is 23.1 Å². The number of piperidine rings is 1. The van der Waals surface area contributed by atoms with E-state index in [0.717, 1.165) is 72.1 Å². The van der Waals surface area contributed by atoms with Gasteiger partial charge in [-0.25, -0.2) is 9.37 Å². The number of nitrogens with one attached hydrogen (secondary N) is 2. The number of aromatic nitrogens is 4. The Kier molecular flexibility index (Phi) is 6.99. The van der Waals surface area contributed by atoms with Gasteiger partial charge in [0, 0.05) is 41.4 Å². The van der Waals surface area contributed by atoms with E-state index in [1.165, 1.54) is 0 Å². The Morgan fingerprint density at radius 2 is 1.78 bits per heavy atom. The van der Waals surface area contributed by atoms with Gasteiger partial charge >= 0.3 is 0 Å². The van der Waals surface area contributed by atoms with Crippen LogP contribution in [0.15, 0.2) is 36.4 Å². The molecule has 5 N–H and O–H groups in total. The lowest BCUT2D eigenvalue weighted by Crippen LogP contribution is -2.48. The van der Waals surface area contributed by atoms with Gasteiger partial charge in [0.25, 0.3) is 0 Å². The quantitative estimate of drug-likeness (QED) is 0.225. The lowest BCUT2D eigenvalue weighted by atomic mass is 9.82. The van der Waals surface area contributed by atoms with Crippen molar-refractivity contribution in [2.45, 2.75) is 68.9 Å². The number of ether oxygens (including phenoxy) is 2. The van der Waals surface area contributed by atoms with Crippen molar-refractivity contribution in [2.75, 3.05) is 30.1 Å². The summed E-state index contributed by atoms with van der Waals surface area (Å²) in [5.74, 6) is 9.43. The van der Waals surface area contributed by atoms with Crippen LogP contribution in [-0.4, -0.2) is 51.3 Å². The predicted molar refractivity (Wildman–Crippen MR) is 168 cm³/mol. The smallest absolute Gasteiger partial charge is 0.231 e. The SMILES string of the molecule is NC1(c2ccc3c(c2)OCO3)CCN(c2nc(Nc3n[nH]c(C4CC4)c3F)c3cc(C#CC4CCC(O)CC4)ccc3n2)CC1. The molecular weight excluding hydrogens is 573 g/mol. The molecule has 10 nitrogen and oxygen atoms in total. The van der Waals surface area contributed by atoms with Crippen LogP contribution in [0.1, 0.15) is 74.1 Å². The van der Waals surface area contributed by atoms with E-state index in [9.17, 15) is 5.11 Å². The van der Waals surface area contributed by atoms with Crippen LogP contribution >= 0.6 is 0 Å². The number of aliphatic hydroxyl groups excluding tert-OH is 1. The average Bonchev–Trinajstić information content (AvgIpc) is 3.68. The van der Waals surface area contributed by atoms with Crippen molar-refractivity contribution in [3.63, 3.8) is 0 Å². The molecule has 0 unspecified atom stereocenters. The maximum Gasteiger partial charge on any atom is 0.231 e. The van der Waals surface area contributed by atoms with E-state index in [1.807, 2.05) is 36.4 Å². The van der Waals surface area contributed by atoms with Crippen LogP contribution in [0.25, 0.3) is 10.9 Å². The molecule has 4 aliphatic rings. The number of hydrogen-bond acceptors (Lipinski definition) is 9. The largest absolute Gasteiger partial charge is 0.454 e. The Balaban J connectivity index is 1.09. The number of hydrogen-bond donors (Lipinski definition) is 4. The number of H-pyrrole nitrogens is 1. The van der Waals surface area contributed by atoms with Crippen LogP contribution < -0.4 is 25.4 Å². The molecule has 4 heterocycles. The van der Waals surface area contributed by atoms with Gasteiger partial charge in [-0.15, -0.1) is 0 Å². The Morgan fingerprint density at radius 3 is 2.58 bits per heavy atom. The Morgan fingerprint density at radius 1 is 0.978 bits per heavy atom. The minimum atomic E-state index is -0.517. The fourth-order valence-electron chi connectivity index (χ4n) is 6.62. The summed E-state index contributed by atoms with van der Waals surface area (Å²) in [4.78, 5) is 12.0. The van der Waals surface area contributed by atoms with E-state index in [1.54, 1.807) is 0 Å². The van der Waals surface area contributed by atoms with Crippen molar-refractivity contribution < 1.29 is 19.0 Å². The number of halogens is 1. The zero-order chi connectivity index (χ0) is 30.5. The van der Waals surface area contributed by atoms with E-state index in [2.05, 4.69) is 32.3 Å². The van der Waals surface area contributed by atoms with Crippen LogP contribution in [0.5, 0.6) is 11.5 Å². The minimum absolute atomic E-state index is 0.127. The van der Waals surface area contributed by atoms with E-state index in [0.29, 0.717) is 43.4 Å². The highest BCUT2D eigenvalue weighted by Gasteiger charge is 2.35. The molecule has 1 saturated heterocycles. The first kappa shape index (κ1) is 28.1. The number of benzene rings is 2. The van der Waals surface area contributed by atoms with Gasteiger partial charge in [-0.2, -0.15) is 10.1 Å². The molecule has 232 valence electrons. The molecule has 8 rings (SSSR count). The van der Waals surface area contributed by atoms with Gasteiger partial charge in [-0.05, 0) is 87.3 Å². The van der Waals surface area contributed by atoms with Gasteiger partial charge in [0.2, 0.25) is 12.7 Å². The van der Waals surface area contributed by atoms with Gasteiger partial charge in [0.05, 0.1) is 17.3 Å². The highest BCUT2D eigenvalue weighted by Crippen LogP contribution is 2.42. The molecule has 0 radical (unpaired) electrons. The van der Waals surface area contributed by atoms with Crippen molar-refractivity contribution in [1.29, 1.82) is 0 Å². The molecule has 0 bridgehead atoms. The summed E-state index contributed by atoms with van der Waals surface area (Å²) in [6.45, 7) is 1.53. The summed E-state index contributed by atoms with van der Waals surface area (Å²) in [6, 6.07) is 11.8. The molecule has 0 amide bonds. The lowest BCUT2D eigenvalue weighted by molar-refractivity contribution is 0.119. The first-order chi connectivity index (χ1) is 21.9. The molecule has 2 saturated carbocycles. The van der Waals surface area contributed by atoms with Gasteiger partial charge < -0.3 is 30.5 Å². The van der Waals surface area contributed by atoms with Crippen LogP contribution in [0.3, 0.4) is 0 Å². The fourth-order valence-corrected chi connectivity index (χ4v) is 6.62. The molecule has 2 aliphatic heterocycles. The highest BCUT2D eigenvalue weighted by molar-refractivity contribution is 5.92. The van der Waals surface area contributed by atoms with Gasteiger partial charge in [-0.1, -0.05) is 17.9 Å². The van der Waals surface area contributed by atoms with Crippen molar-refractivity contribution in [3.05, 3.63) is 59.0 Å². The predicted octanol–water partition coefficient (Wildman–Crippen LogP) is 5.20. The minimum Gasteiger partial charge on any atom is -0.454 e. The number of aliphatic hydroxyl groups is 1. The second kappa shape index (κ2) is 11.2. The molecule has 0 atom stereocenters. The molecule has 2 aliphatic carbocycles. The van der Waals surface area contributed by atoms with Crippen molar-refractivity contribution in [2.24, 2.45) is 11.7 Å². The zero-order valence-electron chi connectivity index (χ0n) is 25.0. The molecule has 45 heavy (non-hydrogen) atoms. The first-order valence-corrected chi connectivity index (χ1v) is 15.9. The van der Waals surface area contributed by atoms with E-state index in [4.69, 9.17) is 25.2 Å². The van der Waals surface area contributed by atoms with Crippen LogP contribution in [0.2, 0.25) is 0 Å². The summed E-state index contributed by atoms with van der Waals surface area (Å²) in [5, 5.41) is 20.9. The molecule has 4 aromatic rings. The van der Waals surface area contributed by atoms with E-state index < -0.39 is 5.54 Å². The summed E-state index contributed by atoms with van der Waals surface area (Å²) in [6.07, 6.45) is 6.49. The van der Waals surface area contributed by atoms with Crippen LogP contribution in [0, 0.1) is 23.6 Å². The highest BCUT2D eigenvalue weighted by atomic mass is 19.1. The first-order valence-electron chi connectivity index (χ1n) is 15.9. The molecule has 2 aromatic heterocycles. The maximum atomic E-state index is 15.3. The Bertz CT molecular complexity index is 1810. The number of anilines is 3. The number of nitrogens with two attached hydrogens (primary N) is 1. The number of rotatable bonds is 5. The maximum absolute atomic E-state index is 15.3. The van der Waals surface area contributed by atoms with Crippen molar-refractivity contribution >= 4 is 28.5 Å². The zero-order valence-corrected chi connectivity index (χ0v) is 25.0. The summed E-state index contributed by atoms with van der Waals surface area (Å²) < 4.78 is 26.4. The third-order valence-corrected chi connectivity index (χ3v) is 9.64. The second-order valence-electron chi connectivity index (χ2n) is 12.8. The Labute approximate surface area is 260 Å². The topological polar surface area (TPSA) is 134 Å². The molecule has 0 spiro atoms. The van der Waals surface area contributed by atoms with Crippen LogP contribution in [-0.2, 0) is 5.54 Å². The molecule has 11 heteroatoms. The number of nitrogens with zero attached hydrogens (tertiary/aromatic N) is 4. The van der Waals surface area contributed by atoms with Gasteiger partial charge in [0.1, 0.15) is 5.82 Å². The summed E-state index contributed by atoms with van der Waals surface area (Å²) in [7, 11) is 0. The van der Waals surface area contributed by atoms with E-state index in [-0.39, 0.29) is 36.4 Å². The fraction of sp³-hybridized carbons (Fsp3) is 0.441. The monoisotopic (exact) mass is 609 g/mol. The number of fused-ring (bicyclic) bond motifs is 2. The summed E-state index contributed by atoms with van der Waals surface area (Å²) in [5.41, 5.74) is 9.55. The molecule has 2 aromatic carbocycles. The molecule has 3 fully saturated rings.